The number of hydrazine groups is 1. The summed E-state index contributed by atoms with van der Waals surface area (Å²) in [6.07, 6.45) is 0. The van der Waals surface area contributed by atoms with Crippen LogP contribution in [0.2, 0.25) is 0 Å². The number of nitrogens with two attached hydrogens (primary N) is 1. The molecule has 2 rings (SSSR count). The van der Waals surface area contributed by atoms with Crippen LogP contribution in [0, 0.1) is 24.4 Å². The van der Waals surface area contributed by atoms with Crippen molar-refractivity contribution < 1.29 is 13.2 Å². The molecule has 0 aliphatic rings. The fourth-order valence-corrected chi connectivity index (χ4v) is 2.00. The molecule has 0 fully saturated rings. The van der Waals surface area contributed by atoms with Crippen molar-refractivity contribution in [1.29, 1.82) is 0 Å². The molecule has 0 saturated carbocycles. The lowest BCUT2D eigenvalue weighted by Gasteiger charge is -2.19. The van der Waals surface area contributed by atoms with Gasteiger partial charge in [-0.05, 0) is 25.1 Å². The van der Waals surface area contributed by atoms with Crippen molar-refractivity contribution in [1.82, 2.24) is 5.43 Å². The molecule has 0 aliphatic heterocycles. The van der Waals surface area contributed by atoms with Gasteiger partial charge in [-0.1, -0.05) is 23.8 Å². The van der Waals surface area contributed by atoms with Gasteiger partial charge in [0, 0.05) is 11.1 Å². The predicted octanol–water partition coefficient (Wildman–Crippen LogP) is 2.97. The summed E-state index contributed by atoms with van der Waals surface area (Å²) in [6, 6.07) is 6.70. The zero-order valence-corrected chi connectivity index (χ0v) is 10.3. The molecular weight excluding hydrogens is 253 g/mol. The monoisotopic (exact) mass is 266 g/mol. The Bertz CT molecular complexity index is 579. The van der Waals surface area contributed by atoms with Crippen molar-refractivity contribution >= 4 is 0 Å². The lowest BCUT2D eigenvalue weighted by Crippen LogP contribution is -2.31. The molecule has 0 aromatic heterocycles. The summed E-state index contributed by atoms with van der Waals surface area (Å²) < 4.78 is 41.3. The Kier molecular flexibility index (Phi) is 3.87. The quantitative estimate of drug-likeness (QED) is 0.662. The first-order valence-electron chi connectivity index (χ1n) is 5.70. The standard InChI is InChI=1S/C14H13F3N2/c1-8-5-6-10(15)9(7-8)14(19-18)13-11(16)3-2-4-12(13)17/h2-7,14,19H,18H2,1H3. The molecule has 0 spiro atoms. The van der Waals surface area contributed by atoms with Gasteiger partial charge in [0.1, 0.15) is 17.5 Å². The van der Waals surface area contributed by atoms with Crippen molar-refractivity contribution in [3.8, 4) is 0 Å². The van der Waals surface area contributed by atoms with Crippen molar-refractivity contribution in [3.63, 3.8) is 0 Å². The first kappa shape index (κ1) is 13.6. The van der Waals surface area contributed by atoms with Gasteiger partial charge in [0.25, 0.3) is 0 Å². The molecule has 1 atom stereocenters. The van der Waals surface area contributed by atoms with Gasteiger partial charge in [-0.25, -0.2) is 18.6 Å². The van der Waals surface area contributed by atoms with Crippen LogP contribution in [0.5, 0.6) is 0 Å². The first-order valence-corrected chi connectivity index (χ1v) is 5.70. The maximum Gasteiger partial charge on any atom is 0.131 e. The van der Waals surface area contributed by atoms with Gasteiger partial charge >= 0.3 is 0 Å². The van der Waals surface area contributed by atoms with Crippen LogP contribution >= 0.6 is 0 Å². The molecule has 0 aliphatic carbocycles. The van der Waals surface area contributed by atoms with Gasteiger partial charge in [-0.3, -0.25) is 5.84 Å². The van der Waals surface area contributed by atoms with Crippen molar-refractivity contribution in [2.75, 3.05) is 0 Å². The van der Waals surface area contributed by atoms with Crippen molar-refractivity contribution in [2.45, 2.75) is 13.0 Å². The van der Waals surface area contributed by atoms with Crippen molar-refractivity contribution in [3.05, 3.63) is 70.5 Å². The minimum Gasteiger partial charge on any atom is -0.271 e. The zero-order chi connectivity index (χ0) is 14.0. The molecule has 2 aromatic carbocycles. The van der Waals surface area contributed by atoms with E-state index in [4.69, 9.17) is 5.84 Å². The first-order chi connectivity index (χ1) is 9.04. The second-order valence-corrected chi connectivity index (χ2v) is 4.26. The highest BCUT2D eigenvalue weighted by Gasteiger charge is 2.23. The van der Waals surface area contributed by atoms with Crippen LogP contribution in [0.15, 0.2) is 36.4 Å². The van der Waals surface area contributed by atoms with Crippen molar-refractivity contribution in [2.24, 2.45) is 5.84 Å². The van der Waals surface area contributed by atoms with Gasteiger partial charge in [0.05, 0.1) is 6.04 Å². The molecule has 0 amide bonds. The Labute approximate surface area is 109 Å². The molecule has 1 unspecified atom stereocenters. The zero-order valence-electron chi connectivity index (χ0n) is 10.3. The van der Waals surface area contributed by atoms with Crippen LogP contribution < -0.4 is 11.3 Å². The number of nitrogens with one attached hydrogen (secondary N) is 1. The molecule has 0 bridgehead atoms. The average Bonchev–Trinajstić information content (AvgIpc) is 2.37. The van der Waals surface area contributed by atoms with E-state index < -0.39 is 23.5 Å². The number of hydrogen-bond acceptors (Lipinski definition) is 2. The third kappa shape index (κ3) is 2.62. The van der Waals surface area contributed by atoms with Gasteiger partial charge < -0.3 is 0 Å². The molecule has 5 heteroatoms. The van der Waals surface area contributed by atoms with E-state index in [9.17, 15) is 13.2 Å². The van der Waals surface area contributed by atoms with Crippen LogP contribution in [0.4, 0.5) is 13.2 Å². The molecule has 2 nitrogen and oxygen atoms in total. The topological polar surface area (TPSA) is 38.0 Å². The molecule has 19 heavy (non-hydrogen) atoms. The normalized spacial score (nSPS) is 12.5. The summed E-state index contributed by atoms with van der Waals surface area (Å²) in [5.41, 5.74) is 2.84. The summed E-state index contributed by atoms with van der Waals surface area (Å²) in [4.78, 5) is 0. The van der Waals surface area contributed by atoms with E-state index in [1.807, 2.05) is 0 Å². The van der Waals surface area contributed by atoms with Crippen LogP contribution in [0.3, 0.4) is 0 Å². The Morgan fingerprint density at radius 3 is 2.21 bits per heavy atom. The number of halogens is 3. The van der Waals surface area contributed by atoms with Crippen LogP contribution in [0.25, 0.3) is 0 Å². The molecule has 0 radical (unpaired) electrons. The summed E-state index contributed by atoms with van der Waals surface area (Å²) in [5.74, 6) is 3.22. The van der Waals surface area contributed by atoms with Crippen LogP contribution in [-0.4, -0.2) is 0 Å². The maximum atomic E-state index is 13.8. The van der Waals surface area contributed by atoms with E-state index in [0.29, 0.717) is 0 Å². The van der Waals surface area contributed by atoms with Gasteiger partial charge in [0.2, 0.25) is 0 Å². The smallest absolute Gasteiger partial charge is 0.131 e. The molecule has 3 N–H and O–H groups in total. The largest absolute Gasteiger partial charge is 0.271 e. The van der Waals surface area contributed by atoms with Gasteiger partial charge in [0.15, 0.2) is 0 Å². The molecule has 100 valence electrons. The third-order valence-corrected chi connectivity index (χ3v) is 2.92. The van der Waals surface area contributed by atoms with E-state index in [-0.39, 0.29) is 11.1 Å². The number of hydrogen-bond donors (Lipinski definition) is 2. The second kappa shape index (κ2) is 5.42. The second-order valence-electron chi connectivity index (χ2n) is 4.26. The van der Waals surface area contributed by atoms with Crippen LogP contribution in [0.1, 0.15) is 22.7 Å². The highest BCUT2D eigenvalue weighted by molar-refractivity contribution is 5.36. The minimum absolute atomic E-state index is 0.103. The Morgan fingerprint density at radius 2 is 1.63 bits per heavy atom. The Hall–Kier alpha value is -1.85. The summed E-state index contributed by atoms with van der Waals surface area (Å²) in [7, 11) is 0. The van der Waals surface area contributed by atoms with Gasteiger partial charge in [-0.2, -0.15) is 0 Å². The molecular formula is C14H13F3N2. The third-order valence-electron chi connectivity index (χ3n) is 2.92. The van der Waals surface area contributed by atoms with E-state index in [2.05, 4.69) is 5.43 Å². The number of rotatable bonds is 3. The Morgan fingerprint density at radius 1 is 1.00 bits per heavy atom. The maximum absolute atomic E-state index is 13.8. The highest BCUT2D eigenvalue weighted by Crippen LogP contribution is 2.28. The van der Waals surface area contributed by atoms with Crippen LogP contribution in [-0.2, 0) is 0 Å². The minimum atomic E-state index is -1.08. The number of benzene rings is 2. The van der Waals surface area contributed by atoms with E-state index in [1.165, 1.54) is 18.2 Å². The van der Waals surface area contributed by atoms with E-state index in [1.54, 1.807) is 13.0 Å². The number of aryl methyl sites for hydroxylation is 1. The van der Waals surface area contributed by atoms with E-state index in [0.717, 1.165) is 17.7 Å². The molecule has 0 heterocycles. The average molecular weight is 266 g/mol. The summed E-state index contributed by atoms with van der Waals surface area (Å²) in [5, 5.41) is 0. The highest BCUT2D eigenvalue weighted by atomic mass is 19.1. The predicted molar refractivity (Wildman–Crippen MR) is 66.7 cm³/mol. The Balaban J connectivity index is 2.59. The fraction of sp³-hybridized carbons (Fsp3) is 0.143. The lowest BCUT2D eigenvalue weighted by atomic mass is 9.96. The lowest BCUT2D eigenvalue weighted by molar-refractivity contribution is 0.495. The summed E-state index contributed by atoms with van der Waals surface area (Å²) in [6.45, 7) is 1.76. The fourth-order valence-electron chi connectivity index (χ4n) is 2.00. The van der Waals surface area contributed by atoms with Gasteiger partial charge in [-0.15, -0.1) is 0 Å². The molecule has 2 aromatic rings. The SMILES string of the molecule is Cc1ccc(F)c(C(NN)c2c(F)cccc2F)c1. The van der Waals surface area contributed by atoms with E-state index >= 15 is 0 Å². The summed E-state index contributed by atoms with van der Waals surface area (Å²) >= 11 is 0. The molecule has 0 saturated heterocycles.